The van der Waals surface area contributed by atoms with Gasteiger partial charge in [-0.15, -0.1) is 0 Å². The molecular weight excluding hydrogens is 289 g/mol. The number of halogens is 1. The van der Waals surface area contributed by atoms with Crippen molar-refractivity contribution in [3.05, 3.63) is 30.1 Å². The Kier molecular flexibility index (Phi) is 4.77. The molecule has 1 aromatic rings. The lowest BCUT2D eigenvalue weighted by Gasteiger charge is -2.19. The van der Waals surface area contributed by atoms with E-state index in [0.29, 0.717) is 6.04 Å². The molecule has 1 aliphatic heterocycles. The summed E-state index contributed by atoms with van der Waals surface area (Å²) in [6.07, 6.45) is 6.38. The van der Waals surface area contributed by atoms with Crippen molar-refractivity contribution in [3.8, 4) is 0 Å². The van der Waals surface area contributed by atoms with E-state index in [1.165, 1.54) is 30.0 Å². The van der Waals surface area contributed by atoms with Crippen LogP contribution < -0.4 is 34.4 Å². The Balaban J connectivity index is 0.000000980. The van der Waals surface area contributed by atoms with Gasteiger partial charge in [0.15, 0.2) is 0 Å². The van der Waals surface area contributed by atoms with Crippen LogP contribution in [0.1, 0.15) is 24.4 Å². The Morgan fingerprint density at radius 2 is 2.43 bits per heavy atom. The van der Waals surface area contributed by atoms with Gasteiger partial charge in [-0.3, -0.25) is 9.99 Å². The number of quaternary nitrogens is 1. The maximum atomic E-state index is 4.16. The molecule has 2 N–H and O–H groups in total. The molecule has 14 heavy (non-hydrogen) atoms. The Hall–Kier alpha value is -0.200. The molecule has 0 radical (unpaired) electrons. The summed E-state index contributed by atoms with van der Waals surface area (Å²) in [5, 5.41) is 1.47. The van der Waals surface area contributed by atoms with Crippen molar-refractivity contribution >= 4 is 0 Å². The number of pyridine rings is 1. The predicted octanol–water partition coefficient (Wildman–Crippen LogP) is -3.06. The molecule has 2 unspecified atom stereocenters. The van der Waals surface area contributed by atoms with Gasteiger partial charge < -0.3 is 24.0 Å². The summed E-state index contributed by atoms with van der Waals surface area (Å²) < 4.78 is 0. The molecule has 4 heteroatoms. The molecule has 3 nitrogen and oxygen atoms in total. The van der Waals surface area contributed by atoms with Crippen LogP contribution in [0.5, 0.6) is 0 Å². The predicted molar refractivity (Wildman–Crippen MR) is 51.1 cm³/mol. The van der Waals surface area contributed by atoms with Crippen LogP contribution >= 0.6 is 0 Å². The van der Waals surface area contributed by atoms with Crippen LogP contribution in [0.3, 0.4) is 0 Å². The first kappa shape index (κ1) is 11.9. The zero-order chi connectivity index (χ0) is 9.10. The Bertz CT molecular complexity index is 265. The summed E-state index contributed by atoms with van der Waals surface area (Å²) in [4.78, 5) is 4.16. The van der Waals surface area contributed by atoms with Crippen LogP contribution in [-0.2, 0) is 0 Å². The van der Waals surface area contributed by atoms with Crippen molar-refractivity contribution in [1.29, 1.82) is 0 Å². The van der Waals surface area contributed by atoms with Gasteiger partial charge in [0.25, 0.3) is 0 Å². The lowest BCUT2D eigenvalue weighted by atomic mass is 10.1. The first-order valence-corrected chi connectivity index (χ1v) is 4.85. The normalized spacial score (nSPS) is 25.8. The van der Waals surface area contributed by atoms with Crippen molar-refractivity contribution < 1.29 is 29.0 Å². The molecule has 0 aromatic carbocycles. The minimum absolute atomic E-state index is 0. The van der Waals surface area contributed by atoms with Crippen LogP contribution in [0.25, 0.3) is 0 Å². The van der Waals surface area contributed by atoms with E-state index in [0.717, 1.165) is 0 Å². The zero-order valence-corrected chi connectivity index (χ0v) is 10.5. The third-order valence-corrected chi connectivity index (χ3v) is 2.77. The molecule has 2 atom stereocenters. The first-order valence-electron chi connectivity index (χ1n) is 4.85. The van der Waals surface area contributed by atoms with Crippen molar-refractivity contribution in [2.75, 3.05) is 13.6 Å². The van der Waals surface area contributed by atoms with E-state index in [1.807, 2.05) is 25.5 Å². The molecule has 0 amide bonds. The molecule has 0 saturated carbocycles. The van der Waals surface area contributed by atoms with Crippen LogP contribution in [0, 0.1) is 0 Å². The number of nitrogens with zero attached hydrogens (tertiary/aromatic N) is 1. The maximum absolute atomic E-state index is 4.16. The molecule has 0 bridgehead atoms. The van der Waals surface area contributed by atoms with Gasteiger partial charge in [-0.05, 0) is 12.1 Å². The number of hydrogen-bond donors (Lipinski definition) is 2. The maximum Gasteiger partial charge on any atom is 0.132 e. The summed E-state index contributed by atoms with van der Waals surface area (Å²) in [5.41, 5.74) is 4.65. The third kappa shape index (κ3) is 2.43. The smallest absolute Gasteiger partial charge is 0.132 e. The van der Waals surface area contributed by atoms with Gasteiger partial charge in [-0.2, -0.15) is 5.43 Å². The van der Waals surface area contributed by atoms with Crippen LogP contribution in [0.15, 0.2) is 24.5 Å². The highest BCUT2D eigenvalue weighted by Crippen LogP contribution is 2.16. The number of rotatable bonds is 2. The molecule has 78 valence electrons. The average Bonchev–Trinajstić information content (AvgIpc) is 2.67. The van der Waals surface area contributed by atoms with Gasteiger partial charge >= 0.3 is 0 Å². The highest BCUT2D eigenvalue weighted by molar-refractivity contribution is 5.11. The van der Waals surface area contributed by atoms with Crippen LogP contribution in [0.4, 0.5) is 0 Å². The third-order valence-electron chi connectivity index (χ3n) is 2.77. The lowest BCUT2D eigenvalue weighted by molar-refractivity contribution is -0.960. The van der Waals surface area contributed by atoms with Crippen LogP contribution in [0.2, 0.25) is 0 Å². The molecular formula is C10H16IN3. The molecule has 1 aliphatic rings. The average molecular weight is 305 g/mol. The Morgan fingerprint density at radius 1 is 1.57 bits per heavy atom. The molecule has 0 spiro atoms. The summed E-state index contributed by atoms with van der Waals surface area (Å²) >= 11 is 0. The number of hydrogen-bond acceptors (Lipinski definition) is 2. The van der Waals surface area contributed by atoms with Crippen molar-refractivity contribution in [2.45, 2.75) is 18.9 Å². The summed E-state index contributed by atoms with van der Waals surface area (Å²) in [6.45, 7) is 1.22. The topological polar surface area (TPSA) is 29.4 Å². The van der Waals surface area contributed by atoms with Gasteiger partial charge in [-0.25, -0.2) is 0 Å². The van der Waals surface area contributed by atoms with Crippen LogP contribution in [-0.4, -0.2) is 18.6 Å². The highest BCUT2D eigenvalue weighted by atomic mass is 127. The summed E-state index contributed by atoms with van der Waals surface area (Å²) in [5.74, 6) is 0. The van der Waals surface area contributed by atoms with Gasteiger partial charge in [0.05, 0.1) is 6.54 Å². The van der Waals surface area contributed by atoms with Gasteiger partial charge in [0.2, 0.25) is 0 Å². The quantitative estimate of drug-likeness (QED) is 0.568. The molecule has 1 fully saturated rings. The van der Waals surface area contributed by atoms with E-state index in [-0.39, 0.29) is 24.0 Å². The lowest BCUT2D eigenvalue weighted by Crippen LogP contribution is -3.16. The summed E-state index contributed by atoms with van der Waals surface area (Å²) in [7, 11) is 2.02. The number of aromatic nitrogens is 1. The van der Waals surface area contributed by atoms with E-state index in [9.17, 15) is 0 Å². The standard InChI is InChI=1S/C10H15N3.HI/c1-11-13-7-3-5-10(13)9-4-2-6-12-8-9;/h2,4,6,8,10-11H,3,5,7H2,1H3;1H. The molecule has 1 aromatic heterocycles. The second-order valence-corrected chi connectivity index (χ2v) is 3.51. The van der Waals surface area contributed by atoms with E-state index in [1.54, 1.807) is 0 Å². The van der Waals surface area contributed by atoms with E-state index in [4.69, 9.17) is 0 Å². The van der Waals surface area contributed by atoms with E-state index >= 15 is 0 Å². The SMILES string of the molecule is CN[NH+]1CCCC1c1cccnc1.[I-]. The van der Waals surface area contributed by atoms with Gasteiger partial charge in [0, 0.05) is 37.8 Å². The molecule has 2 heterocycles. The van der Waals surface area contributed by atoms with Crippen molar-refractivity contribution in [1.82, 2.24) is 10.4 Å². The molecule has 1 saturated heterocycles. The minimum atomic E-state index is 0. The van der Waals surface area contributed by atoms with Gasteiger partial charge in [0.1, 0.15) is 6.04 Å². The largest absolute Gasteiger partial charge is 1.00 e. The first-order chi connectivity index (χ1) is 6.42. The fourth-order valence-electron chi connectivity index (χ4n) is 2.09. The van der Waals surface area contributed by atoms with E-state index < -0.39 is 0 Å². The fourth-order valence-corrected chi connectivity index (χ4v) is 2.09. The monoisotopic (exact) mass is 305 g/mol. The van der Waals surface area contributed by atoms with Crippen molar-refractivity contribution in [2.24, 2.45) is 0 Å². The molecule has 2 rings (SSSR count). The Labute approximate surface area is 102 Å². The highest BCUT2D eigenvalue weighted by Gasteiger charge is 2.29. The minimum Gasteiger partial charge on any atom is -1.00 e. The fraction of sp³-hybridized carbons (Fsp3) is 0.500. The Morgan fingerprint density at radius 3 is 3.07 bits per heavy atom. The summed E-state index contributed by atoms with van der Waals surface area (Å²) in [6, 6.07) is 4.78. The second-order valence-electron chi connectivity index (χ2n) is 3.51. The second kappa shape index (κ2) is 5.63. The van der Waals surface area contributed by atoms with Crippen molar-refractivity contribution in [3.63, 3.8) is 0 Å². The molecule has 0 aliphatic carbocycles. The van der Waals surface area contributed by atoms with Gasteiger partial charge in [-0.1, -0.05) is 0 Å². The van der Waals surface area contributed by atoms with E-state index in [2.05, 4.69) is 16.5 Å². The zero-order valence-electron chi connectivity index (χ0n) is 8.33. The number of nitrogens with one attached hydrogen (secondary N) is 2.